The number of nitrogens with one attached hydrogen (secondary N) is 2. The quantitative estimate of drug-likeness (QED) is 0.593. The molecule has 148 valence electrons. The van der Waals surface area contributed by atoms with E-state index in [-0.39, 0.29) is 17.2 Å². The van der Waals surface area contributed by atoms with Crippen molar-refractivity contribution < 1.29 is 27.9 Å². The minimum Gasteiger partial charge on any atom is -0.452 e. The maximum atomic E-state index is 13.5. The Morgan fingerprint density at radius 1 is 0.966 bits per heavy atom. The molecule has 9 heteroatoms. The molecule has 1 heterocycles. The highest BCUT2D eigenvalue weighted by Crippen LogP contribution is 2.16. The van der Waals surface area contributed by atoms with Gasteiger partial charge in [-0.15, -0.1) is 11.3 Å². The molecule has 0 atom stereocenters. The number of halogens is 2. The lowest BCUT2D eigenvalue weighted by Crippen LogP contribution is -2.21. The Morgan fingerprint density at radius 3 is 2.38 bits per heavy atom. The van der Waals surface area contributed by atoms with Crippen LogP contribution < -0.4 is 10.6 Å². The second-order valence-electron chi connectivity index (χ2n) is 5.76. The van der Waals surface area contributed by atoms with Crippen LogP contribution in [0.2, 0.25) is 0 Å². The molecule has 29 heavy (non-hydrogen) atoms. The minimum absolute atomic E-state index is 0.167. The molecule has 6 nitrogen and oxygen atoms in total. The van der Waals surface area contributed by atoms with Crippen LogP contribution in [0, 0.1) is 11.6 Å². The van der Waals surface area contributed by atoms with Crippen LogP contribution in [-0.2, 0) is 9.53 Å². The van der Waals surface area contributed by atoms with Crippen LogP contribution in [0.5, 0.6) is 0 Å². The molecule has 3 rings (SSSR count). The first kappa shape index (κ1) is 20.2. The van der Waals surface area contributed by atoms with Crippen LogP contribution >= 0.6 is 11.3 Å². The first-order chi connectivity index (χ1) is 13.9. The summed E-state index contributed by atoms with van der Waals surface area (Å²) in [4.78, 5) is 36.3. The van der Waals surface area contributed by atoms with Gasteiger partial charge in [0.05, 0.1) is 16.1 Å². The summed E-state index contributed by atoms with van der Waals surface area (Å²) in [5, 5.41) is 6.66. The zero-order valence-corrected chi connectivity index (χ0v) is 15.6. The molecular weight excluding hydrogens is 402 g/mol. The van der Waals surface area contributed by atoms with E-state index >= 15 is 0 Å². The monoisotopic (exact) mass is 416 g/mol. The molecule has 0 saturated carbocycles. The lowest BCUT2D eigenvalue weighted by Gasteiger charge is -2.08. The third-order valence-electron chi connectivity index (χ3n) is 3.66. The van der Waals surface area contributed by atoms with Gasteiger partial charge in [0.2, 0.25) is 0 Å². The number of ether oxygens (including phenoxy) is 1. The zero-order chi connectivity index (χ0) is 20.8. The molecular formula is C20H14F2N2O4S. The van der Waals surface area contributed by atoms with E-state index in [2.05, 4.69) is 10.6 Å². The van der Waals surface area contributed by atoms with Crippen molar-refractivity contribution in [3.63, 3.8) is 0 Å². The second kappa shape index (κ2) is 9.07. The van der Waals surface area contributed by atoms with Gasteiger partial charge < -0.3 is 15.4 Å². The number of carbonyl (C=O) groups is 3. The highest BCUT2D eigenvalue weighted by Gasteiger charge is 2.13. The molecule has 0 aliphatic heterocycles. The third-order valence-corrected chi connectivity index (χ3v) is 4.53. The van der Waals surface area contributed by atoms with E-state index in [0.29, 0.717) is 16.6 Å². The Bertz CT molecular complexity index is 1040. The van der Waals surface area contributed by atoms with E-state index in [1.54, 1.807) is 17.5 Å². The topological polar surface area (TPSA) is 84.5 Å². The van der Waals surface area contributed by atoms with Gasteiger partial charge in [-0.05, 0) is 47.8 Å². The van der Waals surface area contributed by atoms with Crippen molar-refractivity contribution in [3.8, 4) is 0 Å². The lowest BCUT2D eigenvalue weighted by molar-refractivity contribution is -0.119. The van der Waals surface area contributed by atoms with Crippen LogP contribution in [-0.4, -0.2) is 24.4 Å². The SMILES string of the molecule is O=C(COC(=O)c1ccc(NC(=O)c2cccs2)cc1)Nc1ccc(F)cc1F. The van der Waals surface area contributed by atoms with Gasteiger partial charge in [-0.2, -0.15) is 0 Å². The van der Waals surface area contributed by atoms with Gasteiger partial charge in [-0.3, -0.25) is 9.59 Å². The molecule has 2 N–H and O–H groups in total. The number of thiophene rings is 1. The van der Waals surface area contributed by atoms with Crippen molar-refractivity contribution in [2.45, 2.75) is 0 Å². The molecule has 0 spiro atoms. The molecule has 0 unspecified atom stereocenters. The summed E-state index contributed by atoms with van der Waals surface area (Å²) < 4.78 is 31.2. The van der Waals surface area contributed by atoms with Gasteiger partial charge >= 0.3 is 5.97 Å². The van der Waals surface area contributed by atoms with Crippen LogP contribution in [0.4, 0.5) is 20.2 Å². The Labute approximate surface area is 168 Å². The third kappa shape index (κ3) is 5.45. The molecule has 0 saturated heterocycles. The Morgan fingerprint density at radius 2 is 1.72 bits per heavy atom. The van der Waals surface area contributed by atoms with Gasteiger partial charge in [0, 0.05) is 11.8 Å². The molecule has 0 bridgehead atoms. The van der Waals surface area contributed by atoms with E-state index in [9.17, 15) is 23.2 Å². The smallest absolute Gasteiger partial charge is 0.338 e. The van der Waals surface area contributed by atoms with Crippen LogP contribution in [0.25, 0.3) is 0 Å². The fourth-order valence-corrected chi connectivity index (χ4v) is 2.90. The lowest BCUT2D eigenvalue weighted by atomic mass is 10.2. The van der Waals surface area contributed by atoms with Gasteiger partial charge in [-0.25, -0.2) is 13.6 Å². The maximum absolute atomic E-state index is 13.5. The van der Waals surface area contributed by atoms with E-state index in [1.165, 1.54) is 35.6 Å². The minimum atomic E-state index is -0.940. The standard InChI is InChI=1S/C20H14F2N2O4S/c21-13-5-8-16(15(22)10-13)24-18(25)11-28-20(27)12-3-6-14(7-4-12)23-19(26)17-2-1-9-29-17/h1-10H,11H2,(H,23,26)(H,24,25). The molecule has 2 amide bonds. The summed E-state index contributed by atoms with van der Waals surface area (Å²) in [5.41, 5.74) is 0.433. The van der Waals surface area contributed by atoms with Crippen molar-refractivity contribution >= 4 is 40.5 Å². The summed E-state index contributed by atoms with van der Waals surface area (Å²) in [6.45, 7) is -0.646. The molecule has 2 aromatic carbocycles. The van der Waals surface area contributed by atoms with Gasteiger partial charge in [-0.1, -0.05) is 6.07 Å². The van der Waals surface area contributed by atoms with E-state index in [1.807, 2.05) is 0 Å². The molecule has 0 aliphatic carbocycles. The van der Waals surface area contributed by atoms with Crippen molar-refractivity contribution in [2.75, 3.05) is 17.2 Å². The summed E-state index contributed by atoms with van der Waals surface area (Å²) >= 11 is 1.30. The van der Waals surface area contributed by atoms with Gasteiger partial charge in [0.25, 0.3) is 11.8 Å². The second-order valence-corrected chi connectivity index (χ2v) is 6.70. The molecule has 1 aromatic heterocycles. The van der Waals surface area contributed by atoms with E-state index in [4.69, 9.17) is 4.74 Å². The first-order valence-electron chi connectivity index (χ1n) is 8.29. The van der Waals surface area contributed by atoms with E-state index in [0.717, 1.165) is 12.1 Å². The number of hydrogen-bond donors (Lipinski definition) is 2. The number of rotatable bonds is 6. The normalized spacial score (nSPS) is 10.3. The molecule has 0 aliphatic rings. The van der Waals surface area contributed by atoms with Gasteiger partial charge in [0.15, 0.2) is 6.61 Å². The number of anilines is 2. The van der Waals surface area contributed by atoms with Crippen LogP contribution in [0.1, 0.15) is 20.0 Å². The summed E-state index contributed by atoms with van der Waals surface area (Å²) in [6, 6.07) is 12.0. The van der Waals surface area contributed by atoms with Crippen molar-refractivity contribution in [1.29, 1.82) is 0 Å². The van der Waals surface area contributed by atoms with Crippen LogP contribution in [0.3, 0.4) is 0 Å². The first-order valence-corrected chi connectivity index (χ1v) is 9.17. The number of hydrogen-bond acceptors (Lipinski definition) is 5. The summed E-state index contributed by atoms with van der Waals surface area (Å²) in [5.74, 6) is -3.52. The predicted molar refractivity (Wildman–Crippen MR) is 104 cm³/mol. The number of amides is 2. The number of esters is 1. The maximum Gasteiger partial charge on any atom is 0.338 e. The summed E-state index contributed by atoms with van der Waals surface area (Å²) in [6.07, 6.45) is 0. The van der Waals surface area contributed by atoms with Crippen molar-refractivity contribution in [3.05, 3.63) is 82.1 Å². The van der Waals surface area contributed by atoms with Crippen LogP contribution in [0.15, 0.2) is 60.0 Å². The molecule has 0 radical (unpaired) electrons. The largest absolute Gasteiger partial charge is 0.452 e. The molecule has 0 fully saturated rings. The fourth-order valence-electron chi connectivity index (χ4n) is 2.28. The predicted octanol–water partition coefficient (Wildman–Crippen LogP) is 4.07. The van der Waals surface area contributed by atoms with E-state index < -0.39 is 30.1 Å². The average Bonchev–Trinajstić information content (AvgIpc) is 3.24. The Kier molecular flexibility index (Phi) is 6.30. The highest BCUT2D eigenvalue weighted by molar-refractivity contribution is 7.12. The summed E-state index contributed by atoms with van der Waals surface area (Å²) in [7, 11) is 0. The van der Waals surface area contributed by atoms with Crippen molar-refractivity contribution in [2.24, 2.45) is 0 Å². The highest BCUT2D eigenvalue weighted by atomic mass is 32.1. The number of benzene rings is 2. The number of carbonyl (C=O) groups excluding carboxylic acids is 3. The fraction of sp³-hybridized carbons (Fsp3) is 0.0500. The van der Waals surface area contributed by atoms with Crippen molar-refractivity contribution in [1.82, 2.24) is 0 Å². The molecule has 3 aromatic rings. The Balaban J connectivity index is 1.51. The Hall–Kier alpha value is -3.59. The zero-order valence-electron chi connectivity index (χ0n) is 14.8. The van der Waals surface area contributed by atoms with Gasteiger partial charge in [0.1, 0.15) is 11.6 Å². The average molecular weight is 416 g/mol.